The molecule has 0 unspecified atom stereocenters. The summed E-state index contributed by atoms with van der Waals surface area (Å²) >= 11 is 0. The Morgan fingerprint density at radius 3 is 2.71 bits per heavy atom. The minimum atomic E-state index is 0.442. The first-order valence-corrected chi connectivity index (χ1v) is 1.96. The highest BCUT2D eigenvalue weighted by atomic mass is 16.3. The van der Waals surface area contributed by atoms with Crippen molar-refractivity contribution in [2.75, 3.05) is 0 Å². The van der Waals surface area contributed by atoms with Crippen LogP contribution in [-0.2, 0) is 0 Å². The predicted octanol–water partition coefficient (Wildman–Crippen LogP) is 1.04. The molecule has 7 heavy (non-hydrogen) atoms. The number of oxazole rings is 1. The third kappa shape index (κ3) is 0.796. The predicted molar refractivity (Wildman–Crippen MR) is 24.6 cm³/mol. The smallest absolute Gasteiger partial charge is 0.191 e. The van der Waals surface area contributed by atoms with E-state index in [1.807, 2.05) is 0 Å². The van der Waals surface area contributed by atoms with Crippen molar-refractivity contribution in [3.8, 4) is 0 Å². The fourth-order valence-electron chi connectivity index (χ4n) is 0.380. The average molecular weight is 95.1 g/mol. The Morgan fingerprint density at radius 2 is 2.57 bits per heavy atom. The summed E-state index contributed by atoms with van der Waals surface area (Å²) in [6.45, 7) is 6.92. The molecule has 0 saturated heterocycles. The molecule has 2 nitrogen and oxygen atoms in total. The molecule has 1 aromatic heterocycles. The average Bonchev–Trinajstić information content (AvgIpc) is 1.87. The van der Waals surface area contributed by atoms with Crippen molar-refractivity contribution < 1.29 is 4.42 Å². The molecular weight excluding hydrogens is 90.1 g/mol. The summed E-state index contributed by atoms with van der Waals surface area (Å²) in [5.41, 5.74) is 0.442. The van der Waals surface area contributed by atoms with Gasteiger partial charge in [-0.3, -0.25) is 0 Å². The lowest BCUT2D eigenvalue weighted by molar-refractivity contribution is 0.521. The summed E-state index contributed by atoms with van der Waals surface area (Å²) in [4.78, 5) is 3.72. The van der Waals surface area contributed by atoms with Crippen molar-refractivity contribution in [1.29, 1.82) is 0 Å². The van der Waals surface area contributed by atoms with Crippen LogP contribution in [0.15, 0.2) is 10.7 Å². The molecule has 0 saturated carbocycles. The molecule has 0 atom stereocenters. The van der Waals surface area contributed by atoms with Gasteiger partial charge in [0.05, 0.1) is 5.69 Å². The third-order valence-corrected chi connectivity index (χ3v) is 0.637. The maximum absolute atomic E-state index is 5.17. The van der Waals surface area contributed by atoms with E-state index in [-0.39, 0.29) is 0 Å². The molecule has 0 aliphatic carbocycles. The second kappa shape index (κ2) is 1.37. The van der Waals surface area contributed by atoms with Crippen LogP contribution in [0.25, 0.3) is 0 Å². The van der Waals surface area contributed by atoms with Crippen LogP contribution in [0.5, 0.6) is 0 Å². The number of rotatable bonds is 0. The van der Waals surface area contributed by atoms with Gasteiger partial charge < -0.3 is 4.42 Å². The fourth-order valence-corrected chi connectivity index (χ4v) is 0.380. The van der Waals surface area contributed by atoms with E-state index in [2.05, 4.69) is 4.98 Å². The molecule has 0 spiro atoms. The van der Waals surface area contributed by atoms with Crippen LogP contribution in [0.1, 0.15) is 11.6 Å². The second-order valence-corrected chi connectivity index (χ2v) is 1.29. The van der Waals surface area contributed by atoms with Gasteiger partial charge in [-0.2, -0.15) is 0 Å². The van der Waals surface area contributed by atoms with E-state index < -0.39 is 0 Å². The Balaban J connectivity index is 3.04. The number of aromatic nitrogens is 1. The standard InChI is InChI=1S/C5H5NO/c1-4-3-7-5(2)6-4/h1,3H,2H3. The van der Waals surface area contributed by atoms with Gasteiger partial charge in [0.25, 0.3) is 0 Å². The monoisotopic (exact) mass is 95.0 g/mol. The Morgan fingerprint density at radius 1 is 1.86 bits per heavy atom. The number of aryl methyl sites for hydroxylation is 1. The summed E-state index contributed by atoms with van der Waals surface area (Å²) in [6, 6.07) is 0. The quantitative estimate of drug-likeness (QED) is 0.481. The highest BCUT2D eigenvalue weighted by molar-refractivity contribution is 4.97. The van der Waals surface area contributed by atoms with Gasteiger partial charge in [0.15, 0.2) is 5.89 Å². The largest absolute Gasteiger partial charge is 0.449 e. The van der Waals surface area contributed by atoms with E-state index in [0.717, 1.165) is 0 Å². The topological polar surface area (TPSA) is 26.0 Å². The van der Waals surface area contributed by atoms with Gasteiger partial charge in [-0.25, -0.2) is 4.98 Å². The number of hydrogen-bond acceptors (Lipinski definition) is 2. The van der Waals surface area contributed by atoms with Crippen LogP contribution in [-0.4, -0.2) is 4.98 Å². The molecule has 1 rings (SSSR count). The van der Waals surface area contributed by atoms with E-state index in [1.54, 1.807) is 6.92 Å². The number of hydrogen-bond donors (Lipinski definition) is 0. The molecule has 0 fully saturated rings. The maximum atomic E-state index is 5.17. The van der Waals surface area contributed by atoms with Gasteiger partial charge >= 0.3 is 0 Å². The molecule has 0 N–H and O–H groups in total. The molecule has 1 aromatic rings. The summed E-state index contributed by atoms with van der Waals surface area (Å²) < 4.78 is 4.73. The van der Waals surface area contributed by atoms with E-state index in [1.165, 1.54) is 6.26 Å². The van der Waals surface area contributed by atoms with E-state index >= 15 is 0 Å². The van der Waals surface area contributed by atoms with Crippen molar-refractivity contribution in [3.63, 3.8) is 0 Å². The van der Waals surface area contributed by atoms with Gasteiger partial charge in [-0.1, -0.05) is 0 Å². The zero-order valence-electron chi connectivity index (χ0n) is 4.01. The molecule has 1 heterocycles. The minimum Gasteiger partial charge on any atom is -0.449 e. The van der Waals surface area contributed by atoms with Gasteiger partial charge in [0.2, 0.25) is 0 Å². The van der Waals surface area contributed by atoms with Crippen molar-refractivity contribution in [1.82, 2.24) is 4.98 Å². The van der Waals surface area contributed by atoms with Crippen LogP contribution in [0.4, 0.5) is 0 Å². The molecule has 2 heteroatoms. The second-order valence-electron chi connectivity index (χ2n) is 1.29. The first-order chi connectivity index (χ1) is 3.29. The summed E-state index contributed by atoms with van der Waals surface area (Å²) in [5, 5.41) is 0. The van der Waals surface area contributed by atoms with E-state index in [9.17, 15) is 0 Å². The van der Waals surface area contributed by atoms with Crippen molar-refractivity contribution in [3.05, 3.63) is 24.8 Å². The molecule has 0 aliphatic heterocycles. The zero-order chi connectivity index (χ0) is 5.28. The minimum absolute atomic E-state index is 0.442. The summed E-state index contributed by atoms with van der Waals surface area (Å²) in [7, 11) is 0. The molecule has 2 radical (unpaired) electrons. The van der Waals surface area contributed by atoms with Gasteiger partial charge in [0.1, 0.15) is 6.26 Å². The first kappa shape index (κ1) is 4.37. The van der Waals surface area contributed by atoms with Crippen molar-refractivity contribution in [2.24, 2.45) is 0 Å². The van der Waals surface area contributed by atoms with Crippen LogP contribution < -0.4 is 0 Å². The summed E-state index contributed by atoms with van der Waals surface area (Å²) in [6.07, 6.45) is 1.41. The van der Waals surface area contributed by atoms with Crippen LogP contribution in [0, 0.1) is 13.8 Å². The van der Waals surface area contributed by atoms with E-state index in [0.29, 0.717) is 11.6 Å². The van der Waals surface area contributed by atoms with Crippen molar-refractivity contribution >= 4 is 0 Å². The SMILES string of the molecule is [CH]c1coc(C)n1. The normalized spacial score (nSPS) is 9.43. The lowest BCUT2D eigenvalue weighted by Gasteiger charge is -1.68. The molecule has 0 aromatic carbocycles. The van der Waals surface area contributed by atoms with Gasteiger partial charge in [-0.05, 0) is 0 Å². The summed E-state index contributed by atoms with van der Waals surface area (Å²) in [5.74, 6) is 0.609. The van der Waals surface area contributed by atoms with E-state index in [4.69, 9.17) is 11.3 Å². The Bertz CT molecular complexity index is 140. The maximum Gasteiger partial charge on any atom is 0.191 e. The van der Waals surface area contributed by atoms with Crippen LogP contribution >= 0.6 is 0 Å². The highest BCUT2D eigenvalue weighted by Crippen LogP contribution is 1.95. The zero-order valence-corrected chi connectivity index (χ0v) is 4.01. The highest BCUT2D eigenvalue weighted by Gasteiger charge is 1.88. The molecule has 0 bridgehead atoms. The lowest BCUT2D eigenvalue weighted by Crippen LogP contribution is -1.67. The molecular formula is C5H5NO. The van der Waals surface area contributed by atoms with Crippen LogP contribution in [0.2, 0.25) is 0 Å². The fraction of sp³-hybridized carbons (Fsp3) is 0.200. The molecule has 36 valence electrons. The van der Waals surface area contributed by atoms with Crippen LogP contribution in [0.3, 0.4) is 0 Å². The Labute approximate surface area is 42.2 Å². The first-order valence-electron chi connectivity index (χ1n) is 1.96. The Hall–Kier alpha value is -0.790. The Kier molecular flexibility index (Phi) is 0.855. The third-order valence-electron chi connectivity index (χ3n) is 0.637. The van der Waals surface area contributed by atoms with Crippen molar-refractivity contribution in [2.45, 2.75) is 6.92 Å². The lowest BCUT2D eigenvalue weighted by atomic mass is 10.6. The van der Waals surface area contributed by atoms with Gasteiger partial charge in [0, 0.05) is 13.8 Å². The number of nitrogens with zero attached hydrogens (tertiary/aromatic N) is 1. The van der Waals surface area contributed by atoms with Gasteiger partial charge in [-0.15, -0.1) is 0 Å². The molecule has 0 amide bonds. The molecule has 0 aliphatic rings.